The molecule has 0 spiro atoms. The van der Waals surface area contributed by atoms with Crippen LogP contribution in [0.2, 0.25) is 0 Å². The van der Waals surface area contributed by atoms with Crippen molar-refractivity contribution in [2.75, 3.05) is 51.1 Å². The van der Waals surface area contributed by atoms with Crippen molar-refractivity contribution in [1.29, 1.82) is 0 Å². The molecule has 0 radical (unpaired) electrons. The number of hydrogen-bond donors (Lipinski definition) is 3. The van der Waals surface area contributed by atoms with Crippen LogP contribution in [-0.2, 0) is 32.5 Å². The molecule has 4 N–H and O–H groups in total. The number of ether oxygens (including phenoxy) is 1. The number of amides is 3. The average molecular weight is 704 g/mol. The summed E-state index contributed by atoms with van der Waals surface area (Å²) in [5, 5.41) is 5.65. The highest BCUT2D eigenvalue weighted by atomic mass is 31.2. The maximum absolute atomic E-state index is 14.2. The van der Waals surface area contributed by atoms with Crippen molar-refractivity contribution >= 4 is 48.2 Å². The Kier molecular flexibility index (Phi) is 10.5. The van der Waals surface area contributed by atoms with Crippen LogP contribution in [0.15, 0.2) is 42.6 Å². The van der Waals surface area contributed by atoms with Crippen molar-refractivity contribution in [3.05, 3.63) is 70.4 Å². The first-order valence-electron chi connectivity index (χ1n) is 15.4. The third kappa shape index (κ3) is 7.82. The van der Waals surface area contributed by atoms with E-state index in [1.807, 2.05) is 6.08 Å². The number of hydrogen-bond acceptors (Lipinski definition) is 10. The Morgan fingerprint density at radius 1 is 1.10 bits per heavy atom. The zero-order valence-corrected chi connectivity index (χ0v) is 28.3. The van der Waals surface area contributed by atoms with Crippen LogP contribution < -0.4 is 21.1 Å². The van der Waals surface area contributed by atoms with E-state index in [1.165, 1.54) is 16.9 Å². The molecule has 2 aromatic carbocycles. The van der Waals surface area contributed by atoms with Crippen LogP contribution in [0.1, 0.15) is 52.9 Å². The van der Waals surface area contributed by atoms with E-state index in [9.17, 15) is 27.3 Å². The molecular weight excluding hydrogens is 666 g/mol. The Morgan fingerprint density at radius 2 is 1.82 bits per heavy atom. The highest BCUT2D eigenvalue weighted by Crippen LogP contribution is 2.52. The van der Waals surface area contributed by atoms with Gasteiger partial charge in [-0.2, -0.15) is 18.2 Å². The number of fused-ring (bicyclic) bond motifs is 1. The summed E-state index contributed by atoms with van der Waals surface area (Å²) in [6.45, 7) is 4.78. The second-order valence-corrected chi connectivity index (χ2v) is 13.3. The number of halogens is 3. The molecule has 0 unspecified atom stereocenters. The van der Waals surface area contributed by atoms with E-state index in [4.69, 9.17) is 19.5 Å². The zero-order valence-electron chi connectivity index (χ0n) is 27.4. The summed E-state index contributed by atoms with van der Waals surface area (Å²) in [6, 6.07) is 7.61. The maximum Gasteiger partial charge on any atom is 0.421 e. The second-order valence-electron chi connectivity index (χ2n) is 11.3. The fourth-order valence-corrected chi connectivity index (χ4v) is 7.44. The van der Waals surface area contributed by atoms with Gasteiger partial charge >= 0.3 is 19.8 Å². The van der Waals surface area contributed by atoms with Crippen LogP contribution in [0.25, 0.3) is 5.57 Å². The average Bonchev–Trinajstić information content (AvgIpc) is 3.35. The topological polar surface area (TPSA) is 161 Å². The molecule has 0 atom stereocenters. The Hall–Kier alpha value is -4.66. The largest absolute Gasteiger partial charge is 0.495 e. The Morgan fingerprint density at radius 3 is 2.43 bits per heavy atom. The zero-order chi connectivity index (χ0) is 35.5. The number of nitrogens with zero attached hydrogens (tertiary/aromatic N) is 4. The van der Waals surface area contributed by atoms with Gasteiger partial charge in [-0.1, -0.05) is 18.2 Å². The number of urea groups is 1. The highest BCUT2D eigenvalue weighted by molar-refractivity contribution is 7.53. The standard InChI is InChI=1S/C32H37F3N7O6P/c1-5-47-49(45,48-6-2)18-19-7-9-24(26(15-19)46-4)39-31-37-16-23(32(33,34)35)28(40-31)38-25-10-8-21(22-17-41(3)29(43)27(22)25)20-11-13-42(14-12-20)30(36)44/h7-11,15-16H,5-6,12-14,17-18H2,1-4H3,(H2,36,44)(H2,37,38,39,40). The molecule has 262 valence electrons. The van der Waals surface area contributed by atoms with Crippen molar-refractivity contribution in [2.45, 2.75) is 39.2 Å². The molecule has 0 aliphatic carbocycles. The lowest BCUT2D eigenvalue weighted by molar-refractivity contribution is -0.137. The molecule has 3 amide bonds. The maximum atomic E-state index is 14.2. The number of carbonyl (C=O) groups excluding carboxylic acids is 2. The molecule has 49 heavy (non-hydrogen) atoms. The monoisotopic (exact) mass is 703 g/mol. The number of nitrogens with one attached hydrogen (secondary N) is 2. The fraction of sp³-hybridized carbons (Fsp3) is 0.375. The van der Waals surface area contributed by atoms with Gasteiger partial charge < -0.3 is 40.0 Å². The summed E-state index contributed by atoms with van der Waals surface area (Å²) < 4.78 is 71.9. The van der Waals surface area contributed by atoms with Crippen molar-refractivity contribution in [3.63, 3.8) is 0 Å². The van der Waals surface area contributed by atoms with Gasteiger partial charge in [0.1, 0.15) is 17.1 Å². The summed E-state index contributed by atoms with van der Waals surface area (Å²) in [7, 11) is -0.393. The van der Waals surface area contributed by atoms with E-state index in [2.05, 4.69) is 20.6 Å². The summed E-state index contributed by atoms with van der Waals surface area (Å²) >= 11 is 0. The lowest BCUT2D eigenvalue weighted by Crippen LogP contribution is -2.38. The first-order valence-corrected chi connectivity index (χ1v) is 17.2. The Bertz CT molecular complexity index is 1830. The molecule has 13 nitrogen and oxygen atoms in total. The van der Waals surface area contributed by atoms with Gasteiger partial charge in [0.25, 0.3) is 5.91 Å². The van der Waals surface area contributed by atoms with Crippen LogP contribution in [-0.4, -0.2) is 72.2 Å². The minimum atomic E-state index is -4.82. The van der Waals surface area contributed by atoms with Crippen LogP contribution >= 0.6 is 7.60 Å². The lowest BCUT2D eigenvalue weighted by atomic mass is 9.92. The number of aromatic nitrogens is 2. The third-order valence-electron chi connectivity index (χ3n) is 8.02. The first-order chi connectivity index (χ1) is 23.3. The number of primary amides is 1. The quantitative estimate of drug-likeness (QED) is 0.177. The number of carbonyl (C=O) groups is 2. The summed E-state index contributed by atoms with van der Waals surface area (Å²) in [6.07, 6.45) is -1.82. The van der Waals surface area contributed by atoms with Crippen molar-refractivity contribution < 1.29 is 41.1 Å². The smallest absolute Gasteiger partial charge is 0.421 e. The van der Waals surface area contributed by atoms with Crippen LogP contribution in [0.3, 0.4) is 0 Å². The van der Waals surface area contributed by atoms with Crippen molar-refractivity contribution in [3.8, 4) is 5.75 Å². The van der Waals surface area contributed by atoms with E-state index in [0.29, 0.717) is 42.5 Å². The Labute approximate surface area is 281 Å². The third-order valence-corrected chi connectivity index (χ3v) is 10.1. The van der Waals surface area contributed by atoms with Crippen molar-refractivity contribution in [2.24, 2.45) is 5.73 Å². The molecule has 0 saturated carbocycles. The normalized spacial score (nSPS) is 14.8. The van der Waals surface area contributed by atoms with Gasteiger partial charge in [-0.15, -0.1) is 0 Å². The number of benzene rings is 2. The van der Waals surface area contributed by atoms with E-state index < -0.39 is 31.2 Å². The van der Waals surface area contributed by atoms with Gasteiger partial charge in [-0.25, -0.2) is 9.78 Å². The molecule has 3 heterocycles. The summed E-state index contributed by atoms with van der Waals surface area (Å²) in [5.41, 5.74) is 7.90. The van der Waals surface area contributed by atoms with Gasteiger partial charge in [-0.05, 0) is 60.7 Å². The number of methoxy groups -OCH3 is 1. The lowest BCUT2D eigenvalue weighted by Gasteiger charge is -2.26. The minimum Gasteiger partial charge on any atom is -0.495 e. The molecule has 2 aliphatic heterocycles. The highest BCUT2D eigenvalue weighted by Gasteiger charge is 2.37. The molecule has 0 fully saturated rings. The molecule has 1 aromatic heterocycles. The summed E-state index contributed by atoms with van der Waals surface area (Å²) in [4.78, 5) is 35.9. The van der Waals surface area contributed by atoms with Gasteiger partial charge in [0, 0.05) is 32.9 Å². The van der Waals surface area contributed by atoms with Gasteiger partial charge in [0.2, 0.25) is 5.95 Å². The van der Waals surface area contributed by atoms with E-state index in [1.54, 1.807) is 51.2 Å². The van der Waals surface area contributed by atoms with E-state index in [0.717, 1.165) is 11.1 Å². The Balaban J connectivity index is 1.47. The number of nitrogens with two attached hydrogens (primary N) is 1. The molecular formula is C32H37F3N7O6P. The number of rotatable bonds is 12. The van der Waals surface area contributed by atoms with Gasteiger partial charge in [0.15, 0.2) is 0 Å². The second kappa shape index (κ2) is 14.4. The molecule has 17 heteroatoms. The van der Waals surface area contributed by atoms with Crippen molar-refractivity contribution in [1.82, 2.24) is 19.8 Å². The van der Waals surface area contributed by atoms with Gasteiger partial charge in [-0.3, -0.25) is 9.36 Å². The first kappa shape index (κ1) is 35.6. The van der Waals surface area contributed by atoms with Crippen LogP contribution in [0.4, 0.5) is 41.1 Å². The fourth-order valence-electron chi connectivity index (χ4n) is 5.75. The van der Waals surface area contributed by atoms with Crippen LogP contribution in [0.5, 0.6) is 5.75 Å². The number of anilines is 4. The molecule has 5 rings (SSSR count). The predicted octanol–water partition coefficient (Wildman–Crippen LogP) is 6.51. The van der Waals surface area contributed by atoms with E-state index >= 15 is 0 Å². The summed E-state index contributed by atoms with van der Waals surface area (Å²) in [5.74, 6) is -0.827. The molecule has 3 aromatic rings. The molecule has 0 bridgehead atoms. The molecule has 0 saturated heterocycles. The SMILES string of the molecule is CCOP(=O)(Cc1ccc(Nc2ncc(C(F)(F)F)c(Nc3ccc(C4=CCN(C(N)=O)CC4)c4c3C(=O)N(C)C4)n2)c(OC)c1)OCC. The molecule has 2 aliphatic rings. The minimum absolute atomic E-state index is 0.0176. The predicted molar refractivity (Wildman–Crippen MR) is 177 cm³/mol. The number of alkyl halides is 3. The van der Waals surface area contributed by atoms with E-state index in [-0.39, 0.29) is 54.8 Å². The van der Waals surface area contributed by atoms with Gasteiger partial charge in [0.05, 0.1) is 43.4 Å². The van der Waals surface area contributed by atoms with Crippen LogP contribution in [0, 0.1) is 0 Å².